The quantitative estimate of drug-likeness (QED) is 0.797. The average molecular weight is 379 g/mol. The summed E-state index contributed by atoms with van der Waals surface area (Å²) in [5.74, 6) is 0.325. The van der Waals surface area contributed by atoms with E-state index in [0.717, 1.165) is 16.9 Å². The Morgan fingerprint density at radius 3 is 2.88 bits per heavy atom. The first-order valence-electron chi connectivity index (χ1n) is 8.08. The summed E-state index contributed by atoms with van der Waals surface area (Å²) in [4.78, 5) is 25.1. The molecule has 2 N–H and O–H groups in total. The fraction of sp³-hybridized carbons (Fsp3) is 0.333. The van der Waals surface area contributed by atoms with Gasteiger partial charge in [-0.2, -0.15) is 0 Å². The molecule has 0 aliphatic carbocycles. The van der Waals surface area contributed by atoms with Gasteiger partial charge in [0.1, 0.15) is 5.75 Å². The number of hydrogen-bond acceptors (Lipinski definition) is 4. The highest BCUT2D eigenvalue weighted by Crippen LogP contribution is 2.44. The SMILES string of the molecule is CCCC(=O)Nc1cc2c(cc1OC)NC(=O)CC2c1ccc(Cl)s1. The number of amides is 2. The van der Waals surface area contributed by atoms with Crippen LogP contribution in [0.1, 0.15) is 42.5 Å². The van der Waals surface area contributed by atoms with Gasteiger partial charge in [-0.1, -0.05) is 18.5 Å². The molecule has 2 aromatic rings. The van der Waals surface area contributed by atoms with Crippen molar-refractivity contribution in [1.29, 1.82) is 0 Å². The number of halogens is 1. The Balaban J connectivity index is 2.03. The van der Waals surface area contributed by atoms with Crippen LogP contribution in [-0.2, 0) is 9.59 Å². The minimum absolute atomic E-state index is 0.0492. The maximum absolute atomic E-state index is 12.1. The van der Waals surface area contributed by atoms with Gasteiger partial charge in [-0.15, -0.1) is 11.3 Å². The van der Waals surface area contributed by atoms with Crippen LogP contribution >= 0.6 is 22.9 Å². The number of anilines is 2. The molecule has 1 unspecified atom stereocenters. The van der Waals surface area contributed by atoms with E-state index in [2.05, 4.69) is 10.6 Å². The Kier molecular flexibility index (Phi) is 5.30. The first kappa shape index (κ1) is 17.8. The summed E-state index contributed by atoms with van der Waals surface area (Å²) < 4.78 is 6.07. The van der Waals surface area contributed by atoms with E-state index in [1.807, 2.05) is 25.1 Å². The molecule has 0 radical (unpaired) electrons. The van der Waals surface area contributed by atoms with Gasteiger partial charge in [-0.25, -0.2) is 0 Å². The van der Waals surface area contributed by atoms with Crippen LogP contribution in [0.25, 0.3) is 0 Å². The highest BCUT2D eigenvalue weighted by atomic mass is 35.5. The Bertz CT molecular complexity index is 819. The van der Waals surface area contributed by atoms with E-state index >= 15 is 0 Å². The molecule has 7 heteroatoms. The molecule has 0 spiro atoms. The lowest BCUT2D eigenvalue weighted by atomic mass is 9.88. The zero-order valence-corrected chi connectivity index (χ0v) is 15.6. The molecule has 2 heterocycles. The summed E-state index contributed by atoms with van der Waals surface area (Å²) in [6.07, 6.45) is 1.56. The van der Waals surface area contributed by atoms with Crippen molar-refractivity contribution in [3.63, 3.8) is 0 Å². The molecular weight excluding hydrogens is 360 g/mol. The van der Waals surface area contributed by atoms with Crippen molar-refractivity contribution in [1.82, 2.24) is 0 Å². The lowest BCUT2D eigenvalue weighted by Crippen LogP contribution is -2.23. The zero-order valence-electron chi connectivity index (χ0n) is 14.0. The largest absolute Gasteiger partial charge is 0.494 e. The lowest BCUT2D eigenvalue weighted by molar-refractivity contribution is -0.117. The molecule has 2 amide bonds. The molecule has 132 valence electrons. The molecule has 0 bridgehead atoms. The van der Waals surface area contributed by atoms with Crippen LogP contribution in [0.2, 0.25) is 4.34 Å². The first-order chi connectivity index (χ1) is 12.0. The molecule has 1 aromatic carbocycles. The number of fused-ring (bicyclic) bond motifs is 1. The summed E-state index contributed by atoms with van der Waals surface area (Å²) in [6, 6.07) is 7.43. The molecule has 1 aliphatic heterocycles. The number of carbonyl (C=O) groups excluding carboxylic acids is 2. The fourth-order valence-electron chi connectivity index (χ4n) is 2.97. The number of benzene rings is 1. The van der Waals surface area contributed by atoms with Crippen LogP contribution in [0, 0.1) is 0 Å². The number of carbonyl (C=O) groups is 2. The number of nitrogens with one attached hydrogen (secondary N) is 2. The van der Waals surface area contributed by atoms with Crippen LogP contribution in [0.15, 0.2) is 24.3 Å². The molecule has 1 aromatic heterocycles. The second-order valence-electron chi connectivity index (χ2n) is 5.88. The number of thiophene rings is 1. The summed E-state index contributed by atoms with van der Waals surface area (Å²) in [6.45, 7) is 1.95. The van der Waals surface area contributed by atoms with Crippen molar-refractivity contribution in [2.45, 2.75) is 32.1 Å². The number of ether oxygens (including phenoxy) is 1. The highest BCUT2D eigenvalue weighted by molar-refractivity contribution is 7.16. The minimum Gasteiger partial charge on any atom is -0.494 e. The predicted molar refractivity (Wildman–Crippen MR) is 101 cm³/mol. The maximum Gasteiger partial charge on any atom is 0.225 e. The smallest absolute Gasteiger partial charge is 0.225 e. The van der Waals surface area contributed by atoms with Crippen molar-refractivity contribution < 1.29 is 14.3 Å². The average Bonchev–Trinajstić information content (AvgIpc) is 3.00. The van der Waals surface area contributed by atoms with Crippen LogP contribution in [0.3, 0.4) is 0 Å². The Hall–Kier alpha value is -2.05. The van der Waals surface area contributed by atoms with E-state index in [4.69, 9.17) is 16.3 Å². The Labute approximate surface area is 155 Å². The standard InChI is InChI=1S/C18H19ClN2O3S/c1-3-4-17(22)21-13-7-10-11(15-5-6-16(19)25-15)8-18(23)20-12(10)9-14(13)24-2/h5-7,9,11H,3-4,8H2,1-2H3,(H,20,23)(H,21,22). The van der Waals surface area contributed by atoms with Crippen LogP contribution in [0.4, 0.5) is 11.4 Å². The van der Waals surface area contributed by atoms with E-state index in [-0.39, 0.29) is 17.7 Å². The van der Waals surface area contributed by atoms with Crippen molar-refractivity contribution in [3.05, 3.63) is 39.0 Å². The summed E-state index contributed by atoms with van der Waals surface area (Å²) in [7, 11) is 1.54. The zero-order chi connectivity index (χ0) is 18.0. The van der Waals surface area contributed by atoms with Crippen LogP contribution in [0.5, 0.6) is 5.75 Å². The van der Waals surface area contributed by atoms with E-state index in [1.165, 1.54) is 11.3 Å². The number of rotatable bonds is 5. The van der Waals surface area contributed by atoms with Gasteiger partial charge >= 0.3 is 0 Å². The lowest BCUT2D eigenvalue weighted by Gasteiger charge is -2.26. The van der Waals surface area contributed by atoms with Crippen molar-refractivity contribution >= 4 is 46.1 Å². The monoisotopic (exact) mass is 378 g/mol. The van der Waals surface area contributed by atoms with E-state index < -0.39 is 0 Å². The van der Waals surface area contributed by atoms with Gasteiger partial charge in [0.15, 0.2) is 0 Å². The van der Waals surface area contributed by atoms with Crippen molar-refractivity contribution in [2.75, 3.05) is 17.7 Å². The van der Waals surface area contributed by atoms with Gasteiger partial charge in [0.25, 0.3) is 0 Å². The molecule has 5 nitrogen and oxygen atoms in total. The third-order valence-electron chi connectivity index (χ3n) is 4.10. The Morgan fingerprint density at radius 1 is 1.44 bits per heavy atom. The Morgan fingerprint density at radius 2 is 2.24 bits per heavy atom. The topological polar surface area (TPSA) is 67.4 Å². The molecule has 0 fully saturated rings. The van der Waals surface area contributed by atoms with Gasteiger partial charge in [-0.05, 0) is 30.2 Å². The molecule has 0 saturated heterocycles. The van der Waals surface area contributed by atoms with Crippen molar-refractivity contribution in [3.8, 4) is 5.75 Å². The minimum atomic E-state index is -0.0889. The predicted octanol–water partition coefficient (Wildman–Crippen LogP) is 4.62. The van der Waals surface area contributed by atoms with E-state index in [0.29, 0.717) is 34.3 Å². The molecule has 0 saturated carbocycles. The normalized spacial score (nSPS) is 16.1. The highest BCUT2D eigenvalue weighted by Gasteiger charge is 2.29. The van der Waals surface area contributed by atoms with Gasteiger partial charge in [-0.3, -0.25) is 9.59 Å². The molecule has 1 aliphatic rings. The maximum atomic E-state index is 12.1. The molecule has 25 heavy (non-hydrogen) atoms. The van der Waals surface area contributed by atoms with E-state index in [9.17, 15) is 9.59 Å². The van der Waals surface area contributed by atoms with Gasteiger partial charge < -0.3 is 15.4 Å². The summed E-state index contributed by atoms with van der Waals surface area (Å²) in [5, 5.41) is 5.79. The summed E-state index contributed by atoms with van der Waals surface area (Å²) >= 11 is 7.53. The molecule has 3 rings (SSSR count). The van der Waals surface area contributed by atoms with Gasteiger partial charge in [0, 0.05) is 35.4 Å². The van der Waals surface area contributed by atoms with E-state index in [1.54, 1.807) is 13.2 Å². The van der Waals surface area contributed by atoms with Crippen LogP contribution < -0.4 is 15.4 Å². The summed E-state index contributed by atoms with van der Waals surface area (Å²) in [5.41, 5.74) is 2.27. The van der Waals surface area contributed by atoms with Gasteiger partial charge in [0.05, 0.1) is 17.1 Å². The molecular formula is C18H19ClN2O3S. The first-order valence-corrected chi connectivity index (χ1v) is 9.28. The second kappa shape index (κ2) is 7.45. The number of hydrogen-bond donors (Lipinski definition) is 2. The fourth-order valence-corrected chi connectivity index (χ4v) is 4.15. The molecule has 1 atom stereocenters. The van der Waals surface area contributed by atoms with Crippen molar-refractivity contribution in [2.24, 2.45) is 0 Å². The number of methoxy groups -OCH3 is 1. The third-order valence-corrected chi connectivity index (χ3v) is 5.44. The third kappa shape index (κ3) is 3.80. The second-order valence-corrected chi connectivity index (χ2v) is 7.63. The van der Waals surface area contributed by atoms with Gasteiger partial charge in [0.2, 0.25) is 11.8 Å². The van der Waals surface area contributed by atoms with Crippen LogP contribution in [-0.4, -0.2) is 18.9 Å².